The van der Waals surface area contributed by atoms with Crippen LogP contribution in [0.25, 0.3) is 0 Å². The molecule has 0 N–H and O–H groups in total. The van der Waals surface area contributed by atoms with Gasteiger partial charge in [-0.25, -0.2) is 4.98 Å². The summed E-state index contributed by atoms with van der Waals surface area (Å²) in [5, 5.41) is 0. The molecule has 1 atom stereocenters. The van der Waals surface area contributed by atoms with Crippen LogP contribution in [0.2, 0.25) is 0 Å². The molecule has 0 amide bonds. The Hall–Kier alpha value is -0.820. The third kappa shape index (κ3) is 1.58. The molecule has 0 aliphatic carbocycles. The summed E-state index contributed by atoms with van der Waals surface area (Å²) < 4.78 is 10.9. The van der Waals surface area contributed by atoms with E-state index in [1.165, 1.54) is 0 Å². The van der Waals surface area contributed by atoms with Crippen molar-refractivity contribution in [3.8, 4) is 0 Å². The lowest BCUT2D eigenvalue weighted by Crippen LogP contribution is -2.04. The third-order valence-corrected chi connectivity index (χ3v) is 1.98. The lowest BCUT2D eigenvalue weighted by atomic mass is 10.6. The van der Waals surface area contributed by atoms with Gasteiger partial charge in [-0.15, -0.1) is 0 Å². The molecular weight excluding hydrogens is 147 g/mol. The summed E-state index contributed by atoms with van der Waals surface area (Å²) in [4.78, 5) is 7.86. The molecule has 0 aliphatic rings. The first-order valence-corrected chi connectivity index (χ1v) is 4.61. The first-order chi connectivity index (χ1) is 4.70. The van der Waals surface area contributed by atoms with Crippen molar-refractivity contribution in [1.29, 1.82) is 0 Å². The number of hydrogen-bond acceptors (Lipinski definition) is 3. The monoisotopic (exact) mass is 155 g/mol. The number of rotatable bonds is 1. The van der Waals surface area contributed by atoms with Gasteiger partial charge in [-0.3, -0.25) is 0 Å². The summed E-state index contributed by atoms with van der Waals surface area (Å²) in [5.41, 5.74) is 0.627. The second-order valence-corrected chi connectivity index (χ2v) is 3.41. The van der Waals surface area contributed by atoms with Crippen LogP contribution < -0.4 is 5.44 Å². The molecule has 0 radical (unpaired) electrons. The van der Waals surface area contributed by atoms with Gasteiger partial charge in [0.2, 0.25) is 0 Å². The van der Waals surface area contributed by atoms with Crippen molar-refractivity contribution in [1.82, 2.24) is 9.97 Å². The smallest absolute Gasteiger partial charge is 0.241 e. The minimum Gasteiger partial charge on any atom is -0.241 e. The second kappa shape index (κ2) is 2.84. The zero-order valence-electron chi connectivity index (χ0n) is 5.90. The number of hydrogen-bond donors (Lipinski definition) is 0. The minimum atomic E-state index is -1.31. The van der Waals surface area contributed by atoms with Crippen LogP contribution >= 0.6 is 7.80 Å². The van der Waals surface area contributed by atoms with Crippen molar-refractivity contribution in [2.45, 2.75) is 6.92 Å². The molecule has 1 aromatic heterocycles. The maximum Gasteiger partial charge on any atom is 0.393 e. The molecule has 52 valence electrons. The molecule has 0 aliphatic heterocycles. The fourth-order valence-corrected chi connectivity index (χ4v) is 1.18. The van der Waals surface area contributed by atoms with E-state index in [0.717, 1.165) is 0 Å². The fourth-order valence-electron chi connectivity index (χ4n) is 0.619. The lowest BCUT2D eigenvalue weighted by Gasteiger charge is -1.85. The Bertz CT molecular complexity index is 262. The zero-order valence-corrected chi connectivity index (χ0v) is 6.80. The molecule has 0 aromatic carbocycles. The summed E-state index contributed by atoms with van der Waals surface area (Å²) >= 11 is 0. The molecule has 0 saturated carbocycles. The zero-order chi connectivity index (χ0) is 7.56. The molecule has 1 aromatic rings. The number of aromatic nitrogens is 2. The van der Waals surface area contributed by atoms with Crippen LogP contribution in [0.3, 0.4) is 0 Å². The van der Waals surface area contributed by atoms with Crippen LogP contribution in [0, 0.1) is 6.92 Å². The van der Waals surface area contributed by atoms with E-state index in [1.807, 2.05) is 0 Å². The largest absolute Gasteiger partial charge is 0.393 e. The maximum atomic E-state index is 10.9. The van der Waals surface area contributed by atoms with Gasteiger partial charge in [-0.2, -0.15) is 4.98 Å². The molecule has 4 heteroatoms. The van der Waals surface area contributed by atoms with Gasteiger partial charge in [0.25, 0.3) is 5.44 Å². The molecule has 0 bridgehead atoms. The number of nitrogens with zero attached hydrogens (tertiary/aromatic N) is 2. The molecule has 10 heavy (non-hydrogen) atoms. The van der Waals surface area contributed by atoms with E-state index >= 15 is 0 Å². The van der Waals surface area contributed by atoms with E-state index in [2.05, 4.69) is 9.97 Å². The molecule has 3 nitrogen and oxygen atoms in total. The lowest BCUT2D eigenvalue weighted by molar-refractivity contribution is 0.595. The van der Waals surface area contributed by atoms with E-state index in [1.54, 1.807) is 25.9 Å². The van der Waals surface area contributed by atoms with E-state index in [4.69, 9.17) is 0 Å². The van der Waals surface area contributed by atoms with E-state index in [-0.39, 0.29) is 0 Å². The van der Waals surface area contributed by atoms with Gasteiger partial charge in [-0.1, -0.05) is 4.57 Å². The van der Waals surface area contributed by atoms with Crippen molar-refractivity contribution < 1.29 is 4.57 Å². The molecule has 0 saturated heterocycles. The average Bonchev–Trinajstić information content (AvgIpc) is 1.88. The molecule has 1 rings (SSSR count). The fraction of sp³-hybridized carbons (Fsp3) is 0.333. The van der Waals surface area contributed by atoms with Gasteiger partial charge >= 0.3 is 7.80 Å². The highest BCUT2D eigenvalue weighted by Gasteiger charge is 2.12. The average molecular weight is 155 g/mol. The third-order valence-electron chi connectivity index (χ3n) is 1.08. The topological polar surface area (TPSA) is 42.9 Å². The Morgan fingerprint density at radius 1 is 1.60 bits per heavy atom. The van der Waals surface area contributed by atoms with Gasteiger partial charge < -0.3 is 0 Å². The van der Waals surface area contributed by atoms with Gasteiger partial charge in [0.05, 0.1) is 0 Å². The van der Waals surface area contributed by atoms with Gasteiger partial charge in [0, 0.05) is 12.3 Å². The maximum absolute atomic E-state index is 10.9. The van der Waals surface area contributed by atoms with Crippen LogP contribution in [0.4, 0.5) is 0 Å². The van der Waals surface area contributed by atoms with Crippen LogP contribution in [-0.4, -0.2) is 16.6 Å². The van der Waals surface area contributed by atoms with Crippen LogP contribution in [-0.2, 0) is 4.57 Å². The van der Waals surface area contributed by atoms with Crippen LogP contribution in [0.5, 0.6) is 0 Å². The Morgan fingerprint density at radius 2 is 2.30 bits per heavy atom. The normalized spacial score (nSPS) is 11.2. The van der Waals surface area contributed by atoms with Crippen molar-refractivity contribution in [2.75, 3.05) is 6.66 Å². The highest BCUT2D eigenvalue weighted by Crippen LogP contribution is 2.09. The van der Waals surface area contributed by atoms with Gasteiger partial charge in [-0.05, 0) is 6.92 Å². The molecule has 1 heterocycles. The predicted molar refractivity (Wildman–Crippen MR) is 39.9 cm³/mol. The highest BCUT2D eigenvalue weighted by molar-refractivity contribution is 7.52. The van der Waals surface area contributed by atoms with Gasteiger partial charge in [0.15, 0.2) is 0 Å². The first-order valence-electron chi connectivity index (χ1n) is 2.90. The molecule has 0 fully saturated rings. The van der Waals surface area contributed by atoms with Crippen LogP contribution in [0.1, 0.15) is 5.82 Å². The molecular formula is C6H8N2OP+. The first kappa shape index (κ1) is 7.29. The Morgan fingerprint density at radius 3 is 2.70 bits per heavy atom. The summed E-state index contributed by atoms with van der Waals surface area (Å²) in [6.07, 6.45) is 1.62. The van der Waals surface area contributed by atoms with Crippen molar-refractivity contribution in [2.24, 2.45) is 0 Å². The summed E-state index contributed by atoms with van der Waals surface area (Å²) in [6.45, 7) is 3.42. The van der Waals surface area contributed by atoms with E-state index in [9.17, 15) is 4.57 Å². The predicted octanol–water partition coefficient (Wildman–Crippen LogP) is 0.868. The Kier molecular flexibility index (Phi) is 2.07. The summed E-state index contributed by atoms with van der Waals surface area (Å²) in [6, 6.07) is 1.67. The number of aryl methyl sites for hydroxylation is 1. The van der Waals surface area contributed by atoms with Crippen molar-refractivity contribution >= 4 is 13.2 Å². The quantitative estimate of drug-likeness (QED) is 0.565. The van der Waals surface area contributed by atoms with Crippen molar-refractivity contribution in [3.05, 3.63) is 18.1 Å². The molecule has 0 spiro atoms. The van der Waals surface area contributed by atoms with Gasteiger partial charge in [0.1, 0.15) is 12.5 Å². The SMILES string of the molecule is Cc1nccc([P+](C)=O)n1. The molecule has 1 unspecified atom stereocenters. The summed E-state index contributed by atoms with van der Waals surface area (Å²) in [7, 11) is -1.31. The highest BCUT2D eigenvalue weighted by atomic mass is 31.1. The Balaban J connectivity index is 3.07. The second-order valence-electron chi connectivity index (χ2n) is 1.96. The van der Waals surface area contributed by atoms with E-state index < -0.39 is 7.80 Å². The van der Waals surface area contributed by atoms with Crippen molar-refractivity contribution in [3.63, 3.8) is 0 Å². The minimum absolute atomic E-state index is 0.627. The van der Waals surface area contributed by atoms with E-state index in [0.29, 0.717) is 11.3 Å². The Labute approximate surface area is 60.3 Å². The summed E-state index contributed by atoms with van der Waals surface area (Å²) in [5.74, 6) is 0.669. The standard InChI is InChI=1S/C6H8N2OP/c1-5-7-4-3-6(8-5)10(2)9/h3-4H,1-2H3/q+1. The van der Waals surface area contributed by atoms with Crippen LogP contribution in [0.15, 0.2) is 12.3 Å².